The van der Waals surface area contributed by atoms with E-state index in [0.29, 0.717) is 23.2 Å². The Labute approximate surface area is 168 Å². The third kappa shape index (κ3) is 5.39. The van der Waals surface area contributed by atoms with Gasteiger partial charge in [-0.15, -0.1) is 0 Å². The highest BCUT2D eigenvalue weighted by atomic mass is 35.5. The molecule has 134 valence electrons. The van der Waals surface area contributed by atoms with E-state index in [1.165, 1.54) is 0 Å². The highest BCUT2D eigenvalue weighted by Gasteiger charge is 2.04. The number of benzene rings is 3. The van der Waals surface area contributed by atoms with Crippen molar-refractivity contribution < 1.29 is 4.74 Å². The normalized spacial score (nSPS) is 10.7. The lowest BCUT2D eigenvalue weighted by molar-refractivity contribution is 0.306. The first kappa shape index (κ1) is 19.1. The molecule has 3 aromatic carbocycles. The molecule has 0 aliphatic carbocycles. The molecule has 1 N–H and O–H groups in total. The van der Waals surface area contributed by atoms with Crippen molar-refractivity contribution in [2.24, 2.45) is 0 Å². The molecule has 0 radical (unpaired) electrons. The van der Waals surface area contributed by atoms with Crippen molar-refractivity contribution in [3.05, 3.63) is 98.5 Å². The van der Waals surface area contributed by atoms with Crippen molar-refractivity contribution >= 4 is 34.8 Å². The molecule has 5 heteroatoms. The van der Waals surface area contributed by atoms with E-state index in [4.69, 9.17) is 39.5 Å². The monoisotopic (exact) mass is 405 g/mol. The summed E-state index contributed by atoms with van der Waals surface area (Å²) in [4.78, 5) is 0. The van der Waals surface area contributed by atoms with Gasteiger partial charge in [0.15, 0.2) is 0 Å². The molecule has 3 rings (SSSR count). The molecule has 0 bridgehead atoms. The third-order valence-electron chi connectivity index (χ3n) is 3.91. The Morgan fingerprint density at radius 2 is 1.58 bits per heavy atom. The van der Waals surface area contributed by atoms with Crippen LogP contribution in [0, 0.1) is 0 Å². The van der Waals surface area contributed by atoms with Crippen molar-refractivity contribution in [2.45, 2.75) is 19.7 Å². The molecule has 0 fully saturated rings. The van der Waals surface area contributed by atoms with Gasteiger partial charge in [-0.25, -0.2) is 0 Å². The van der Waals surface area contributed by atoms with Crippen LogP contribution < -0.4 is 10.1 Å². The Balaban J connectivity index is 1.55. The molecule has 3 aromatic rings. The van der Waals surface area contributed by atoms with Crippen LogP contribution in [0.1, 0.15) is 16.7 Å². The Bertz CT molecular complexity index is 883. The van der Waals surface area contributed by atoms with E-state index in [0.717, 1.165) is 34.0 Å². The largest absolute Gasteiger partial charge is 0.489 e. The standard InChI is InChI=1S/C21H18Cl3NO/c22-18-9-8-17(21(24)11-18)14-26-19-6-3-4-15(10-19)12-25-13-16-5-1-2-7-20(16)23/h1-11,25H,12-14H2. The van der Waals surface area contributed by atoms with E-state index < -0.39 is 0 Å². The highest BCUT2D eigenvalue weighted by molar-refractivity contribution is 6.35. The average Bonchev–Trinajstić information content (AvgIpc) is 2.63. The number of nitrogens with one attached hydrogen (secondary N) is 1. The molecule has 0 saturated carbocycles. The van der Waals surface area contributed by atoms with Gasteiger partial charge < -0.3 is 10.1 Å². The van der Waals surface area contributed by atoms with Gasteiger partial charge >= 0.3 is 0 Å². The second-order valence-electron chi connectivity index (χ2n) is 5.87. The van der Waals surface area contributed by atoms with Gasteiger partial charge in [0.25, 0.3) is 0 Å². The number of hydrogen-bond acceptors (Lipinski definition) is 2. The highest BCUT2D eigenvalue weighted by Crippen LogP contribution is 2.23. The quantitative estimate of drug-likeness (QED) is 0.482. The van der Waals surface area contributed by atoms with Crippen LogP contribution in [-0.2, 0) is 19.7 Å². The summed E-state index contributed by atoms with van der Waals surface area (Å²) in [6.07, 6.45) is 0. The molecule has 0 amide bonds. The van der Waals surface area contributed by atoms with Gasteiger partial charge in [-0.05, 0) is 41.5 Å². The van der Waals surface area contributed by atoms with Crippen LogP contribution in [0.3, 0.4) is 0 Å². The van der Waals surface area contributed by atoms with Crippen LogP contribution in [0.4, 0.5) is 0 Å². The predicted octanol–water partition coefficient (Wildman–Crippen LogP) is 6.52. The Morgan fingerprint density at radius 1 is 0.731 bits per heavy atom. The van der Waals surface area contributed by atoms with Gasteiger partial charge in [0.05, 0.1) is 0 Å². The number of ether oxygens (including phenoxy) is 1. The van der Waals surface area contributed by atoms with E-state index in [1.54, 1.807) is 12.1 Å². The molecule has 0 saturated heterocycles. The van der Waals surface area contributed by atoms with Crippen molar-refractivity contribution in [1.82, 2.24) is 5.32 Å². The topological polar surface area (TPSA) is 21.3 Å². The smallest absolute Gasteiger partial charge is 0.120 e. The maximum absolute atomic E-state index is 6.18. The van der Waals surface area contributed by atoms with E-state index in [-0.39, 0.29) is 0 Å². The maximum atomic E-state index is 6.18. The SMILES string of the molecule is Clc1ccc(COc2cccc(CNCc3ccccc3Cl)c2)c(Cl)c1. The lowest BCUT2D eigenvalue weighted by atomic mass is 10.2. The minimum absolute atomic E-state index is 0.395. The van der Waals surface area contributed by atoms with Crippen LogP contribution in [0.5, 0.6) is 5.75 Å². The number of rotatable bonds is 7. The molecule has 0 aliphatic heterocycles. The maximum Gasteiger partial charge on any atom is 0.120 e. The van der Waals surface area contributed by atoms with E-state index >= 15 is 0 Å². The van der Waals surface area contributed by atoms with Gasteiger partial charge in [-0.3, -0.25) is 0 Å². The van der Waals surface area contributed by atoms with Gasteiger partial charge in [0, 0.05) is 33.7 Å². The second kappa shape index (κ2) is 9.29. The molecular formula is C21H18Cl3NO. The molecule has 0 unspecified atom stereocenters. The minimum Gasteiger partial charge on any atom is -0.489 e. The van der Waals surface area contributed by atoms with E-state index in [2.05, 4.69) is 11.4 Å². The molecule has 0 heterocycles. The summed E-state index contributed by atoms with van der Waals surface area (Å²) in [5, 5.41) is 5.40. The van der Waals surface area contributed by atoms with Crippen molar-refractivity contribution in [3.63, 3.8) is 0 Å². The molecule has 0 spiro atoms. The second-order valence-corrected chi connectivity index (χ2v) is 7.12. The number of halogens is 3. The van der Waals surface area contributed by atoms with Crippen LogP contribution in [0.25, 0.3) is 0 Å². The summed E-state index contributed by atoms with van der Waals surface area (Å²) in [5.74, 6) is 0.799. The fourth-order valence-corrected chi connectivity index (χ4v) is 3.19. The Morgan fingerprint density at radius 3 is 2.38 bits per heavy atom. The van der Waals surface area contributed by atoms with Crippen LogP contribution in [0.15, 0.2) is 66.7 Å². The Hall–Kier alpha value is -1.71. The molecule has 0 atom stereocenters. The summed E-state index contributed by atoms with van der Waals surface area (Å²) < 4.78 is 5.86. The molecular weight excluding hydrogens is 389 g/mol. The first-order valence-electron chi connectivity index (χ1n) is 8.21. The summed E-state index contributed by atoms with van der Waals surface area (Å²) in [6, 6.07) is 21.2. The molecule has 2 nitrogen and oxygen atoms in total. The van der Waals surface area contributed by atoms with Crippen molar-refractivity contribution in [1.29, 1.82) is 0 Å². The zero-order valence-corrected chi connectivity index (χ0v) is 16.3. The van der Waals surface area contributed by atoms with Crippen LogP contribution >= 0.6 is 34.8 Å². The first-order chi connectivity index (χ1) is 12.6. The average molecular weight is 407 g/mol. The number of hydrogen-bond donors (Lipinski definition) is 1. The fraction of sp³-hybridized carbons (Fsp3) is 0.143. The first-order valence-corrected chi connectivity index (χ1v) is 9.35. The zero-order valence-electron chi connectivity index (χ0n) is 14.0. The van der Waals surface area contributed by atoms with E-state index in [9.17, 15) is 0 Å². The minimum atomic E-state index is 0.395. The van der Waals surface area contributed by atoms with Crippen LogP contribution in [-0.4, -0.2) is 0 Å². The van der Waals surface area contributed by atoms with E-state index in [1.807, 2.05) is 48.5 Å². The molecule has 26 heavy (non-hydrogen) atoms. The zero-order chi connectivity index (χ0) is 18.4. The Kier molecular flexibility index (Phi) is 6.81. The predicted molar refractivity (Wildman–Crippen MR) is 109 cm³/mol. The van der Waals surface area contributed by atoms with Crippen molar-refractivity contribution in [3.8, 4) is 5.75 Å². The third-order valence-corrected chi connectivity index (χ3v) is 4.87. The summed E-state index contributed by atoms with van der Waals surface area (Å²) in [6.45, 7) is 1.84. The van der Waals surface area contributed by atoms with Crippen LogP contribution in [0.2, 0.25) is 15.1 Å². The molecule has 0 aromatic heterocycles. The van der Waals surface area contributed by atoms with Crippen molar-refractivity contribution in [2.75, 3.05) is 0 Å². The lowest BCUT2D eigenvalue weighted by Gasteiger charge is -2.10. The summed E-state index contributed by atoms with van der Waals surface area (Å²) >= 11 is 18.3. The van der Waals surface area contributed by atoms with Gasteiger partial charge in [-0.1, -0.05) is 71.2 Å². The summed E-state index contributed by atoms with van der Waals surface area (Å²) in [7, 11) is 0. The summed E-state index contributed by atoms with van der Waals surface area (Å²) in [5.41, 5.74) is 3.12. The van der Waals surface area contributed by atoms with Gasteiger partial charge in [-0.2, -0.15) is 0 Å². The fourth-order valence-electron chi connectivity index (χ4n) is 2.53. The lowest BCUT2D eigenvalue weighted by Crippen LogP contribution is -2.13. The van der Waals surface area contributed by atoms with Gasteiger partial charge in [0.1, 0.15) is 12.4 Å². The van der Waals surface area contributed by atoms with Gasteiger partial charge in [0.2, 0.25) is 0 Å². The molecule has 0 aliphatic rings.